The molecule has 3 amide bonds. The molecule has 2 heterocycles. The third-order valence-corrected chi connectivity index (χ3v) is 4.06. The Bertz CT molecular complexity index is 817. The van der Waals surface area contributed by atoms with Crippen LogP contribution in [0.25, 0.3) is 10.9 Å². The third kappa shape index (κ3) is 2.94. The maximum Gasteiger partial charge on any atom is 0.270 e. The van der Waals surface area contributed by atoms with Gasteiger partial charge in [-0.25, -0.2) is 4.39 Å². The van der Waals surface area contributed by atoms with Crippen LogP contribution in [-0.2, 0) is 9.59 Å². The molecule has 0 spiro atoms. The lowest BCUT2D eigenvalue weighted by Crippen LogP contribution is -2.54. The van der Waals surface area contributed by atoms with Crippen molar-refractivity contribution in [2.24, 2.45) is 0 Å². The van der Waals surface area contributed by atoms with Crippen molar-refractivity contribution in [1.82, 2.24) is 20.1 Å². The van der Waals surface area contributed by atoms with Gasteiger partial charge in [0.1, 0.15) is 18.1 Å². The molecule has 3 rings (SSSR count). The molecule has 1 aliphatic heterocycles. The van der Waals surface area contributed by atoms with Crippen LogP contribution in [-0.4, -0.2) is 65.7 Å². The lowest BCUT2D eigenvalue weighted by atomic mass is 10.2. The SMILES string of the molecule is CNC(=O)CN1CCN(C(=O)c2cc3c(F)cccc3[nH]2)CC1=O. The van der Waals surface area contributed by atoms with Crippen molar-refractivity contribution >= 4 is 28.6 Å². The fraction of sp³-hybridized carbons (Fsp3) is 0.312. The molecule has 0 aliphatic carbocycles. The first kappa shape index (κ1) is 16.0. The maximum atomic E-state index is 13.7. The zero-order valence-corrected chi connectivity index (χ0v) is 13.1. The van der Waals surface area contributed by atoms with Gasteiger partial charge in [-0.15, -0.1) is 0 Å². The van der Waals surface area contributed by atoms with Gasteiger partial charge in [0.2, 0.25) is 11.8 Å². The normalized spacial score (nSPS) is 15.0. The molecule has 1 saturated heterocycles. The fourth-order valence-electron chi connectivity index (χ4n) is 2.71. The molecule has 0 atom stereocenters. The molecule has 2 N–H and O–H groups in total. The van der Waals surface area contributed by atoms with Crippen molar-refractivity contribution in [3.8, 4) is 0 Å². The lowest BCUT2D eigenvalue weighted by Gasteiger charge is -2.33. The summed E-state index contributed by atoms with van der Waals surface area (Å²) in [5.74, 6) is -1.32. The topological polar surface area (TPSA) is 85.5 Å². The number of piperazine rings is 1. The van der Waals surface area contributed by atoms with Crippen molar-refractivity contribution in [3.05, 3.63) is 35.8 Å². The number of H-pyrrole nitrogens is 1. The van der Waals surface area contributed by atoms with Crippen molar-refractivity contribution < 1.29 is 18.8 Å². The number of aromatic nitrogens is 1. The Hall–Kier alpha value is -2.90. The minimum atomic E-state index is -0.408. The second-order valence-electron chi connectivity index (χ2n) is 5.60. The highest BCUT2D eigenvalue weighted by molar-refractivity contribution is 6.00. The smallest absolute Gasteiger partial charge is 0.270 e. The number of hydrogen-bond donors (Lipinski definition) is 2. The number of rotatable bonds is 3. The van der Waals surface area contributed by atoms with Crippen molar-refractivity contribution in [2.45, 2.75) is 0 Å². The Balaban J connectivity index is 1.73. The molecule has 1 fully saturated rings. The Labute approximate surface area is 137 Å². The molecule has 7 nitrogen and oxygen atoms in total. The van der Waals surface area contributed by atoms with Gasteiger partial charge in [-0.1, -0.05) is 6.07 Å². The van der Waals surface area contributed by atoms with Crippen LogP contribution in [0.3, 0.4) is 0 Å². The maximum absolute atomic E-state index is 13.7. The van der Waals surface area contributed by atoms with E-state index >= 15 is 0 Å². The highest BCUT2D eigenvalue weighted by atomic mass is 19.1. The molecular formula is C16H17FN4O3. The van der Waals surface area contributed by atoms with Crippen LogP contribution in [0.5, 0.6) is 0 Å². The quantitative estimate of drug-likeness (QED) is 0.850. The van der Waals surface area contributed by atoms with Gasteiger partial charge >= 0.3 is 0 Å². The predicted octanol–water partition coefficient (Wildman–Crippen LogP) is 0.337. The molecule has 0 saturated carbocycles. The summed E-state index contributed by atoms with van der Waals surface area (Å²) in [5.41, 5.74) is 0.769. The summed E-state index contributed by atoms with van der Waals surface area (Å²) in [5, 5.41) is 2.80. The van der Waals surface area contributed by atoms with Crippen LogP contribution in [0.15, 0.2) is 24.3 Å². The van der Waals surface area contributed by atoms with E-state index in [0.717, 1.165) is 0 Å². The Morgan fingerprint density at radius 2 is 2.12 bits per heavy atom. The summed E-state index contributed by atoms with van der Waals surface area (Å²) in [7, 11) is 1.50. The molecule has 1 aromatic heterocycles. The number of amides is 3. The zero-order chi connectivity index (χ0) is 17.3. The molecule has 0 unspecified atom stereocenters. The summed E-state index contributed by atoms with van der Waals surface area (Å²) in [4.78, 5) is 41.7. The molecule has 0 bridgehead atoms. The van der Waals surface area contributed by atoms with E-state index in [4.69, 9.17) is 0 Å². The van der Waals surface area contributed by atoms with Crippen molar-refractivity contribution in [2.75, 3.05) is 33.2 Å². The van der Waals surface area contributed by atoms with Crippen molar-refractivity contribution in [3.63, 3.8) is 0 Å². The van der Waals surface area contributed by atoms with Crippen LogP contribution < -0.4 is 5.32 Å². The second kappa shape index (κ2) is 6.31. The average Bonchev–Trinajstić information content (AvgIpc) is 3.01. The van der Waals surface area contributed by atoms with E-state index in [1.807, 2.05) is 0 Å². The molecule has 24 heavy (non-hydrogen) atoms. The number of nitrogens with zero attached hydrogens (tertiary/aromatic N) is 2. The molecule has 126 valence electrons. The number of carbonyl (C=O) groups is 3. The van der Waals surface area contributed by atoms with Gasteiger partial charge < -0.3 is 20.1 Å². The van der Waals surface area contributed by atoms with Crippen LogP contribution >= 0.6 is 0 Å². The van der Waals surface area contributed by atoms with Gasteiger partial charge in [-0.3, -0.25) is 14.4 Å². The molecule has 1 aliphatic rings. The van der Waals surface area contributed by atoms with Crippen LogP contribution in [0.1, 0.15) is 10.5 Å². The number of aromatic amines is 1. The van der Waals surface area contributed by atoms with E-state index in [1.165, 1.54) is 29.0 Å². The number of benzene rings is 1. The summed E-state index contributed by atoms with van der Waals surface area (Å²) in [6, 6.07) is 6.02. The second-order valence-corrected chi connectivity index (χ2v) is 5.60. The zero-order valence-electron chi connectivity index (χ0n) is 13.1. The van der Waals surface area contributed by atoms with Gasteiger partial charge in [0.15, 0.2) is 0 Å². The van der Waals surface area contributed by atoms with E-state index in [2.05, 4.69) is 10.3 Å². The Morgan fingerprint density at radius 3 is 2.79 bits per heavy atom. The number of hydrogen-bond acceptors (Lipinski definition) is 3. The fourth-order valence-corrected chi connectivity index (χ4v) is 2.71. The van der Waals surface area contributed by atoms with Crippen LogP contribution in [0.2, 0.25) is 0 Å². The third-order valence-electron chi connectivity index (χ3n) is 4.06. The molecule has 0 radical (unpaired) electrons. The van der Waals surface area contributed by atoms with Gasteiger partial charge in [-0.2, -0.15) is 0 Å². The Kier molecular flexibility index (Phi) is 4.20. The summed E-state index contributed by atoms with van der Waals surface area (Å²) in [6.45, 7) is 0.481. The highest BCUT2D eigenvalue weighted by Crippen LogP contribution is 2.20. The number of fused-ring (bicyclic) bond motifs is 1. The van der Waals surface area contributed by atoms with E-state index in [0.29, 0.717) is 17.4 Å². The average molecular weight is 332 g/mol. The Morgan fingerprint density at radius 1 is 1.33 bits per heavy atom. The minimum Gasteiger partial charge on any atom is -0.358 e. The standard InChI is InChI=1S/C16H17FN4O3/c1-18-14(22)8-20-5-6-21(9-15(20)23)16(24)13-7-10-11(17)3-2-4-12(10)19-13/h2-4,7,19H,5-6,8-9H2,1H3,(H,18,22). The first-order valence-electron chi connectivity index (χ1n) is 7.54. The first-order valence-corrected chi connectivity index (χ1v) is 7.54. The van der Waals surface area contributed by atoms with Gasteiger partial charge in [0.05, 0.1) is 6.54 Å². The summed E-state index contributed by atoms with van der Waals surface area (Å²) >= 11 is 0. The number of likely N-dealkylation sites (N-methyl/N-ethyl adjacent to an activating group) is 1. The van der Waals surface area contributed by atoms with Gasteiger partial charge in [0, 0.05) is 31.0 Å². The van der Waals surface area contributed by atoms with Crippen molar-refractivity contribution in [1.29, 1.82) is 0 Å². The van der Waals surface area contributed by atoms with E-state index < -0.39 is 5.82 Å². The monoisotopic (exact) mass is 332 g/mol. The molecule has 2 aromatic rings. The molecule has 8 heteroatoms. The summed E-state index contributed by atoms with van der Waals surface area (Å²) in [6.07, 6.45) is 0. The predicted molar refractivity (Wildman–Crippen MR) is 84.8 cm³/mol. The van der Waals surface area contributed by atoms with E-state index in [9.17, 15) is 18.8 Å². The largest absolute Gasteiger partial charge is 0.358 e. The molecule has 1 aromatic carbocycles. The van der Waals surface area contributed by atoms with E-state index in [-0.39, 0.29) is 43.0 Å². The number of nitrogens with one attached hydrogen (secondary N) is 2. The van der Waals surface area contributed by atoms with Gasteiger partial charge in [0.25, 0.3) is 5.91 Å². The highest BCUT2D eigenvalue weighted by Gasteiger charge is 2.29. The van der Waals surface area contributed by atoms with Crippen LogP contribution in [0, 0.1) is 5.82 Å². The lowest BCUT2D eigenvalue weighted by molar-refractivity contribution is -0.139. The number of halogens is 1. The summed E-state index contributed by atoms with van der Waals surface area (Å²) < 4.78 is 13.7. The molecular weight excluding hydrogens is 315 g/mol. The number of carbonyl (C=O) groups excluding carboxylic acids is 3. The first-order chi connectivity index (χ1) is 11.5. The van der Waals surface area contributed by atoms with Gasteiger partial charge in [-0.05, 0) is 18.2 Å². The minimum absolute atomic E-state index is 0.0189. The van der Waals surface area contributed by atoms with E-state index in [1.54, 1.807) is 12.1 Å². The van der Waals surface area contributed by atoms with Crippen LogP contribution in [0.4, 0.5) is 4.39 Å².